The Hall–Kier alpha value is -1.51. The van der Waals surface area contributed by atoms with E-state index in [9.17, 15) is 4.79 Å². The van der Waals surface area contributed by atoms with E-state index >= 15 is 0 Å². The fourth-order valence-corrected chi connectivity index (χ4v) is 5.02. The first-order valence-corrected chi connectivity index (χ1v) is 11.6. The van der Waals surface area contributed by atoms with Gasteiger partial charge in [-0.1, -0.05) is 76.9 Å². The van der Waals surface area contributed by atoms with Crippen LogP contribution in [0.3, 0.4) is 0 Å². The van der Waals surface area contributed by atoms with Gasteiger partial charge in [0.15, 0.2) is 0 Å². The summed E-state index contributed by atoms with van der Waals surface area (Å²) in [6.07, 6.45) is 1.05. The van der Waals surface area contributed by atoms with Crippen molar-refractivity contribution in [3.8, 4) is 0 Å². The van der Waals surface area contributed by atoms with Crippen LogP contribution in [-0.4, -0.2) is 12.5 Å². The molecule has 0 spiro atoms. The predicted molar refractivity (Wildman–Crippen MR) is 130 cm³/mol. The van der Waals surface area contributed by atoms with Crippen LogP contribution in [0.5, 0.6) is 0 Å². The highest BCUT2D eigenvalue weighted by atomic mass is 35.5. The Balaban J connectivity index is 2.42. The van der Waals surface area contributed by atoms with Crippen LogP contribution in [0.4, 0.5) is 0 Å². The molecule has 164 valence electrons. The number of rotatable bonds is 9. The second kappa shape index (κ2) is 10.7. The quantitative estimate of drug-likeness (QED) is 0.416. The molecule has 1 unspecified atom stereocenters. The van der Waals surface area contributed by atoms with Gasteiger partial charge in [-0.25, -0.2) is 0 Å². The molecule has 1 amide bonds. The van der Waals surface area contributed by atoms with Gasteiger partial charge < -0.3 is 5.32 Å². The molecule has 0 aliphatic carbocycles. The average molecular weight is 448 g/mol. The Kier molecular flexibility index (Phi) is 8.82. The maximum Gasteiger partial charge on any atom is 0.251 e. The lowest BCUT2D eigenvalue weighted by Crippen LogP contribution is -2.49. The van der Waals surface area contributed by atoms with Crippen molar-refractivity contribution in [1.82, 2.24) is 5.32 Å². The van der Waals surface area contributed by atoms with Crippen molar-refractivity contribution in [3.05, 3.63) is 69.7 Å². The first kappa shape index (κ1) is 24.8. The van der Waals surface area contributed by atoms with Crippen LogP contribution < -0.4 is 5.32 Å². The number of nitrogens with one attached hydrogen (secondary N) is 1. The van der Waals surface area contributed by atoms with Crippen LogP contribution in [0.25, 0.3) is 0 Å². The normalized spacial score (nSPS) is 13.2. The minimum Gasteiger partial charge on any atom is -0.351 e. The summed E-state index contributed by atoms with van der Waals surface area (Å²) in [4.78, 5) is 12.9. The summed E-state index contributed by atoms with van der Waals surface area (Å²) in [6.45, 7) is 14.2. The summed E-state index contributed by atoms with van der Waals surface area (Å²) in [5.74, 6) is 1.54. The fourth-order valence-electron chi connectivity index (χ4n) is 4.77. The zero-order valence-electron chi connectivity index (χ0n) is 19.0. The summed E-state index contributed by atoms with van der Waals surface area (Å²) < 4.78 is 0. The molecule has 0 bridgehead atoms. The molecule has 0 aliphatic rings. The van der Waals surface area contributed by atoms with E-state index in [-0.39, 0.29) is 11.3 Å². The molecule has 0 radical (unpaired) electrons. The molecule has 30 heavy (non-hydrogen) atoms. The summed E-state index contributed by atoms with van der Waals surface area (Å²) in [6, 6.07) is 15.3. The largest absolute Gasteiger partial charge is 0.351 e. The molecule has 0 aromatic heterocycles. The molecule has 0 aliphatic heterocycles. The lowest BCUT2D eigenvalue weighted by Gasteiger charge is -2.49. The standard InChI is InChI=1S/C26H35Cl2NO/c1-17(2)15-24(20-7-11-22(27)12-8-20)26(18(3)4,19(5)6)16-29-25(30)21-9-13-23(28)14-10-21/h7-14,17-19,24H,15-16H2,1-6H3,(H,29,30). The first-order valence-electron chi connectivity index (χ1n) is 10.9. The van der Waals surface area contributed by atoms with Crippen LogP contribution in [0, 0.1) is 23.2 Å². The van der Waals surface area contributed by atoms with Crippen molar-refractivity contribution in [2.24, 2.45) is 23.2 Å². The molecule has 1 N–H and O–H groups in total. The van der Waals surface area contributed by atoms with Crippen molar-refractivity contribution < 1.29 is 4.79 Å². The minimum absolute atomic E-state index is 0.0586. The molecule has 0 heterocycles. The highest BCUT2D eigenvalue weighted by Crippen LogP contribution is 2.50. The third kappa shape index (κ3) is 5.80. The number of amides is 1. The monoisotopic (exact) mass is 447 g/mol. The SMILES string of the molecule is CC(C)CC(c1ccc(Cl)cc1)C(CNC(=O)c1ccc(Cl)cc1)(C(C)C)C(C)C. The van der Waals surface area contributed by atoms with Crippen LogP contribution in [-0.2, 0) is 0 Å². The second-order valence-electron chi connectivity index (χ2n) is 9.35. The lowest BCUT2D eigenvalue weighted by atomic mass is 9.57. The molecular weight excluding hydrogens is 413 g/mol. The Morgan fingerprint density at radius 1 is 0.833 bits per heavy atom. The molecule has 2 aromatic rings. The molecule has 0 saturated heterocycles. The van der Waals surface area contributed by atoms with Gasteiger partial charge in [-0.05, 0) is 77.5 Å². The van der Waals surface area contributed by atoms with E-state index in [1.807, 2.05) is 12.1 Å². The number of carbonyl (C=O) groups is 1. The van der Waals surface area contributed by atoms with E-state index in [0.29, 0.717) is 40.8 Å². The van der Waals surface area contributed by atoms with E-state index in [2.05, 4.69) is 59.0 Å². The van der Waals surface area contributed by atoms with Gasteiger partial charge in [-0.15, -0.1) is 0 Å². The van der Waals surface area contributed by atoms with Crippen molar-refractivity contribution in [3.63, 3.8) is 0 Å². The van der Waals surface area contributed by atoms with E-state index in [1.54, 1.807) is 24.3 Å². The highest BCUT2D eigenvalue weighted by molar-refractivity contribution is 6.30. The van der Waals surface area contributed by atoms with Gasteiger partial charge >= 0.3 is 0 Å². The zero-order valence-corrected chi connectivity index (χ0v) is 20.5. The minimum atomic E-state index is -0.0970. The molecule has 0 saturated carbocycles. The van der Waals surface area contributed by atoms with Crippen molar-refractivity contribution in [2.75, 3.05) is 6.54 Å². The number of halogens is 2. The number of hydrogen-bond acceptors (Lipinski definition) is 1. The lowest BCUT2D eigenvalue weighted by molar-refractivity contribution is 0.0552. The van der Waals surface area contributed by atoms with E-state index < -0.39 is 0 Å². The second-order valence-corrected chi connectivity index (χ2v) is 10.2. The van der Waals surface area contributed by atoms with Crippen LogP contribution in [0.2, 0.25) is 10.0 Å². The van der Waals surface area contributed by atoms with Gasteiger partial charge in [0.1, 0.15) is 0 Å². The molecular formula is C26H35Cl2NO. The van der Waals surface area contributed by atoms with Gasteiger partial charge in [-0.3, -0.25) is 4.79 Å². The van der Waals surface area contributed by atoms with Crippen LogP contribution in [0.1, 0.15) is 69.8 Å². The van der Waals surface area contributed by atoms with E-state index in [4.69, 9.17) is 23.2 Å². The van der Waals surface area contributed by atoms with Gasteiger partial charge in [-0.2, -0.15) is 0 Å². The Morgan fingerprint density at radius 3 is 1.73 bits per heavy atom. The maximum atomic E-state index is 12.9. The van der Waals surface area contributed by atoms with Gasteiger partial charge in [0.25, 0.3) is 5.91 Å². The van der Waals surface area contributed by atoms with Crippen LogP contribution >= 0.6 is 23.2 Å². The van der Waals surface area contributed by atoms with Crippen molar-refractivity contribution >= 4 is 29.1 Å². The topological polar surface area (TPSA) is 29.1 Å². The summed E-state index contributed by atoms with van der Waals surface area (Å²) in [5, 5.41) is 4.63. The number of benzene rings is 2. The average Bonchev–Trinajstić information content (AvgIpc) is 2.67. The molecule has 2 nitrogen and oxygen atoms in total. The predicted octanol–water partition coefficient (Wildman–Crippen LogP) is 7.85. The number of carbonyl (C=O) groups excluding carboxylic acids is 1. The summed E-state index contributed by atoms with van der Waals surface area (Å²) in [7, 11) is 0. The van der Waals surface area contributed by atoms with Gasteiger partial charge in [0.05, 0.1) is 0 Å². The molecule has 4 heteroatoms. The third-order valence-electron chi connectivity index (χ3n) is 6.44. The van der Waals surface area contributed by atoms with Gasteiger partial charge in [0.2, 0.25) is 0 Å². The smallest absolute Gasteiger partial charge is 0.251 e. The Labute approximate surface area is 192 Å². The molecule has 1 atom stereocenters. The highest BCUT2D eigenvalue weighted by Gasteiger charge is 2.45. The summed E-state index contributed by atoms with van der Waals surface area (Å²) >= 11 is 12.2. The molecule has 2 rings (SSSR count). The van der Waals surface area contributed by atoms with E-state index in [0.717, 1.165) is 11.4 Å². The van der Waals surface area contributed by atoms with Crippen LogP contribution in [0.15, 0.2) is 48.5 Å². The molecule has 2 aromatic carbocycles. The maximum absolute atomic E-state index is 12.9. The number of hydrogen-bond donors (Lipinski definition) is 1. The zero-order chi connectivity index (χ0) is 22.5. The molecule has 0 fully saturated rings. The third-order valence-corrected chi connectivity index (χ3v) is 6.94. The van der Waals surface area contributed by atoms with Crippen molar-refractivity contribution in [2.45, 2.75) is 53.9 Å². The first-order chi connectivity index (χ1) is 14.1. The summed E-state index contributed by atoms with van der Waals surface area (Å²) in [5.41, 5.74) is 1.82. The van der Waals surface area contributed by atoms with Gasteiger partial charge in [0, 0.05) is 22.2 Å². The van der Waals surface area contributed by atoms with E-state index in [1.165, 1.54) is 5.56 Å². The van der Waals surface area contributed by atoms with Crippen molar-refractivity contribution in [1.29, 1.82) is 0 Å². The fraction of sp³-hybridized carbons (Fsp3) is 0.500. The Morgan fingerprint density at radius 2 is 1.30 bits per heavy atom. The Bertz CT molecular complexity index is 802.